The molecule has 0 spiro atoms. The number of hydrogen-bond acceptors (Lipinski definition) is 2. The Kier molecular flexibility index (Phi) is 2.37. The first kappa shape index (κ1) is 11.6. The maximum absolute atomic E-state index is 12.1. The molecule has 0 saturated heterocycles. The van der Waals surface area contributed by atoms with Crippen molar-refractivity contribution in [1.29, 1.82) is 0 Å². The van der Waals surface area contributed by atoms with Crippen molar-refractivity contribution in [3.8, 4) is 0 Å². The number of carbonyl (C=O) groups is 1. The highest BCUT2D eigenvalue weighted by Crippen LogP contribution is 2.66. The molecule has 2 heteroatoms. The van der Waals surface area contributed by atoms with Crippen molar-refractivity contribution in [1.82, 2.24) is 0 Å². The molecule has 4 saturated carbocycles. The van der Waals surface area contributed by atoms with Crippen molar-refractivity contribution in [3.05, 3.63) is 0 Å². The second-order valence-corrected chi connectivity index (χ2v) is 7.31. The molecule has 2 nitrogen and oxygen atoms in total. The summed E-state index contributed by atoms with van der Waals surface area (Å²) >= 11 is 0. The second-order valence-electron chi connectivity index (χ2n) is 7.31. The molecule has 4 aliphatic carbocycles. The van der Waals surface area contributed by atoms with E-state index < -0.39 is 0 Å². The minimum atomic E-state index is -0.294. The van der Waals surface area contributed by atoms with Crippen LogP contribution in [0.5, 0.6) is 0 Å². The third-order valence-electron chi connectivity index (χ3n) is 6.06. The van der Waals surface area contributed by atoms with Crippen LogP contribution in [0.4, 0.5) is 0 Å². The average molecular weight is 236 g/mol. The van der Waals surface area contributed by atoms with Gasteiger partial charge >= 0.3 is 5.97 Å². The molecular formula is C15H24O2. The Morgan fingerprint density at radius 1 is 1.06 bits per heavy atom. The zero-order valence-electron chi connectivity index (χ0n) is 11.3. The summed E-state index contributed by atoms with van der Waals surface area (Å²) in [6, 6.07) is 0. The van der Waals surface area contributed by atoms with Gasteiger partial charge in [-0.1, -0.05) is 0 Å². The lowest BCUT2D eigenvalue weighted by molar-refractivity contribution is -0.176. The molecular weight excluding hydrogens is 212 g/mol. The highest BCUT2D eigenvalue weighted by molar-refractivity contribution is 5.77. The molecule has 0 aromatic heterocycles. The van der Waals surface area contributed by atoms with Crippen molar-refractivity contribution in [2.75, 3.05) is 7.11 Å². The van der Waals surface area contributed by atoms with Crippen LogP contribution >= 0.6 is 0 Å². The molecule has 4 aliphatic rings. The number of hydrogen-bond donors (Lipinski definition) is 0. The van der Waals surface area contributed by atoms with Crippen LogP contribution in [0.15, 0.2) is 0 Å². The van der Waals surface area contributed by atoms with Gasteiger partial charge in [0.15, 0.2) is 0 Å². The lowest BCUT2D eigenvalue weighted by atomic mass is 9.43. The highest BCUT2D eigenvalue weighted by atomic mass is 16.5. The van der Waals surface area contributed by atoms with E-state index in [2.05, 4.69) is 13.8 Å². The highest BCUT2D eigenvalue weighted by Gasteiger charge is 2.59. The first-order valence-electron chi connectivity index (χ1n) is 7.05. The molecule has 0 aromatic rings. The Balaban J connectivity index is 1.93. The van der Waals surface area contributed by atoms with Crippen molar-refractivity contribution in [3.63, 3.8) is 0 Å². The standard InChI is InChI=1S/C15H24O2/c1-14(2,13(16)17-3)15-7-10-4-11(8-15)6-12(5-10)9-15/h10-12H,4-9H2,1-3H3. The van der Waals surface area contributed by atoms with Crippen molar-refractivity contribution in [2.45, 2.75) is 52.4 Å². The van der Waals surface area contributed by atoms with Gasteiger partial charge in [-0.15, -0.1) is 0 Å². The van der Waals surface area contributed by atoms with Crippen LogP contribution in [0.3, 0.4) is 0 Å². The summed E-state index contributed by atoms with van der Waals surface area (Å²) in [6.45, 7) is 4.23. The Bertz CT molecular complexity index is 308. The predicted molar refractivity (Wildman–Crippen MR) is 66.4 cm³/mol. The van der Waals surface area contributed by atoms with Gasteiger partial charge < -0.3 is 4.74 Å². The Labute approximate surface area is 104 Å². The van der Waals surface area contributed by atoms with Crippen LogP contribution in [0.2, 0.25) is 0 Å². The van der Waals surface area contributed by atoms with Gasteiger partial charge in [-0.05, 0) is 75.5 Å². The Morgan fingerprint density at radius 2 is 1.47 bits per heavy atom. The first-order chi connectivity index (χ1) is 7.97. The van der Waals surface area contributed by atoms with Crippen molar-refractivity contribution < 1.29 is 9.53 Å². The monoisotopic (exact) mass is 236 g/mol. The number of methoxy groups -OCH3 is 1. The molecule has 96 valence electrons. The molecule has 4 bridgehead atoms. The van der Waals surface area contributed by atoms with Gasteiger partial charge in [-0.25, -0.2) is 0 Å². The summed E-state index contributed by atoms with van der Waals surface area (Å²) in [4.78, 5) is 12.1. The van der Waals surface area contributed by atoms with Crippen molar-refractivity contribution in [2.24, 2.45) is 28.6 Å². The number of esters is 1. The predicted octanol–water partition coefficient (Wildman–Crippen LogP) is 3.40. The molecule has 0 unspecified atom stereocenters. The number of carbonyl (C=O) groups excluding carboxylic acids is 1. The molecule has 0 radical (unpaired) electrons. The molecule has 0 N–H and O–H groups in total. The minimum Gasteiger partial charge on any atom is -0.469 e. The third kappa shape index (κ3) is 1.49. The van der Waals surface area contributed by atoms with E-state index in [1.54, 1.807) is 0 Å². The first-order valence-corrected chi connectivity index (χ1v) is 7.05. The number of ether oxygens (including phenoxy) is 1. The molecule has 0 amide bonds. The summed E-state index contributed by atoms with van der Waals surface area (Å²) in [6.07, 6.45) is 8.08. The van der Waals surface area contributed by atoms with Crippen LogP contribution in [0, 0.1) is 28.6 Å². The van der Waals surface area contributed by atoms with Crippen LogP contribution in [-0.2, 0) is 9.53 Å². The fraction of sp³-hybridized carbons (Fsp3) is 0.933. The number of rotatable bonds is 2. The summed E-state index contributed by atoms with van der Waals surface area (Å²) in [7, 11) is 1.53. The van der Waals surface area contributed by atoms with E-state index in [0.717, 1.165) is 17.8 Å². The zero-order chi connectivity index (χ0) is 12.3. The SMILES string of the molecule is COC(=O)C(C)(C)C12CC3CC(CC(C3)C1)C2. The van der Waals surface area contributed by atoms with Gasteiger partial charge in [-0.3, -0.25) is 4.79 Å². The molecule has 17 heavy (non-hydrogen) atoms. The van der Waals surface area contributed by atoms with E-state index in [-0.39, 0.29) is 16.8 Å². The van der Waals surface area contributed by atoms with E-state index in [4.69, 9.17) is 4.74 Å². The van der Waals surface area contributed by atoms with Crippen LogP contribution in [0.25, 0.3) is 0 Å². The molecule has 0 atom stereocenters. The van der Waals surface area contributed by atoms with Gasteiger partial charge in [0.2, 0.25) is 0 Å². The smallest absolute Gasteiger partial charge is 0.311 e. The average Bonchev–Trinajstić information content (AvgIpc) is 2.25. The quantitative estimate of drug-likeness (QED) is 0.687. The van der Waals surface area contributed by atoms with Crippen LogP contribution < -0.4 is 0 Å². The molecule has 4 rings (SSSR count). The lowest BCUT2D eigenvalue weighted by Crippen LogP contribution is -2.55. The molecule has 0 heterocycles. The summed E-state index contributed by atoms with van der Waals surface area (Å²) in [5.41, 5.74) is -0.0490. The molecule has 4 fully saturated rings. The summed E-state index contributed by atoms with van der Waals surface area (Å²) in [5, 5.41) is 0. The van der Waals surface area contributed by atoms with E-state index in [1.165, 1.54) is 45.6 Å². The maximum atomic E-state index is 12.1. The fourth-order valence-corrected chi connectivity index (χ4v) is 5.35. The topological polar surface area (TPSA) is 26.3 Å². The molecule has 0 aliphatic heterocycles. The van der Waals surface area contributed by atoms with E-state index in [9.17, 15) is 4.79 Å². The lowest BCUT2D eigenvalue weighted by Gasteiger charge is -2.61. The van der Waals surface area contributed by atoms with Crippen LogP contribution in [0.1, 0.15) is 52.4 Å². The van der Waals surface area contributed by atoms with Gasteiger partial charge in [0.05, 0.1) is 12.5 Å². The van der Waals surface area contributed by atoms with Gasteiger partial charge in [0, 0.05) is 0 Å². The Morgan fingerprint density at radius 3 is 1.82 bits per heavy atom. The van der Waals surface area contributed by atoms with Gasteiger partial charge in [-0.2, -0.15) is 0 Å². The van der Waals surface area contributed by atoms with E-state index in [0.29, 0.717) is 0 Å². The maximum Gasteiger partial charge on any atom is 0.311 e. The van der Waals surface area contributed by atoms with E-state index in [1.807, 2.05) is 0 Å². The van der Waals surface area contributed by atoms with E-state index >= 15 is 0 Å². The zero-order valence-corrected chi connectivity index (χ0v) is 11.3. The summed E-state index contributed by atoms with van der Waals surface area (Å²) < 4.78 is 5.07. The minimum absolute atomic E-state index is 0.000509. The normalized spacial score (nSPS) is 43.8. The summed E-state index contributed by atoms with van der Waals surface area (Å²) in [5.74, 6) is 2.68. The second kappa shape index (κ2) is 3.49. The largest absolute Gasteiger partial charge is 0.469 e. The molecule has 0 aromatic carbocycles. The fourth-order valence-electron chi connectivity index (χ4n) is 5.35. The van der Waals surface area contributed by atoms with Gasteiger partial charge in [0.25, 0.3) is 0 Å². The van der Waals surface area contributed by atoms with Crippen LogP contribution in [-0.4, -0.2) is 13.1 Å². The third-order valence-corrected chi connectivity index (χ3v) is 6.06. The van der Waals surface area contributed by atoms with Crippen molar-refractivity contribution >= 4 is 5.97 Å². The van der Waals surface area contributed by atoms with Gasteiger partial charge in [0.1, 0.15) is 0 Å². The Hall–Kier alpha value is -0.530.